The molecule has 32 heavy (non-hydrogen) atoms. The molecular formula is C24H24N2O5S. The summed E-state index contributed by atoms with van der Waals surface area (Å²) in [6, 6.07) is 16.3. The number of para-hydroxylation sites is 1. The number of anilines is 1. The molecule has 1 spiro atoms. The highest BCUT2D eigenvalue weighted by molar-refractivity contribution is 7.80. The van der Waals surface area contributed by atoms with Crippen molar-refractivity contribution in [2.45, 2.75) is 25.3 Å². The first-order valence-corrected chi connectivity index (χ1v) is 10.9. The maximum absolute atomic E-state index is 13.9. The monoisotopic (exact) mass is 452 g/mol. The van der Waals surface area contributed by atoms with Crippen LogP contribution in [0.3, 0.4) is 0 Å². The lowest BCUT2D eigenvalue weighted by Gasteiger charge is -2.36. The van der Waals surface area contributed by atoms with Gasteiger partial charge in [0.05, 0.1) is 19.1 Å². The molecule has 0 unspecified atom stereocenters. The number of nitrogens with one attached hydrogen (secondary N) is 1. The normalized spacial score (nSPS) is 23.1. The molecule has 1 N–H and O–H groups in total. The number of rotatable bonds is 5. The zero-order chi connectivity index (χ0) is 23.1. The van der Waals surface area contributed by atoms with Crippen LogP contribution in [0.5, 0.6) is 0 Å². The summed E-state index contributed by atoms with van der Waals surface area (Å²) in [5.74, 6) is -2.99. The summed E-state index contributed by atoms with van der Waals surface area (Å²) in [4.78, 5) is 42.4. The van der Waals surface area contributed by atoms with Crippen LogP contribution in [0.4, 0.5) is 5.69 Å². The van der Waals surface area contributed by atoms with E-state index in [1.165, 1.54) is 4.90 Å². The van der Waals surface area contributed by atoms with Crippen molar-refractivity contribution in [2.24, 2.45) is 5.41 Å². The van der Waals surface area contributed by atoms with Gasteiger partial charge in [0.2, 0.25) is 5.41 Å². The fourth-order valence-corrected chi connectivity index (χ4v) is 5.38. The Kier molecular flexibility index (Phi) is 5.50. The summed E-state index contributed by atoms with van der Waals surface area (Å²) in [5.41, 5.74) is -1.57. The second kappa shape index (κ2) is 8.02. The van der Waals surface area contributed by atoms with Gasteiger partial charge in [-0.25, -0.2) is 0 Å². The van der Waals surface area contributed by atoms with E-state index in [9.17, 15) is 14.4 Å². The van der Waals surface area contributed by atoms with Crippen molar-refractivity contribution in [2.75, 3.05) is 25.2 Å². The number of carbonyl (C=O) groups excluding carboxylic acids is 3. The van der Waals surface area contributed by atoms with E-state index < -0.39 is 28.8 Å². The van der Waals surface area contributed by atoms with Crippen LogP contribution in [0.2, 0.25) is 0 Å². The number of benzene rings is 2. The van der Waals surface area contributed by atoms with E-state index in [0.29, 0.717) is 16.8 Å². The molecule has 0 aliphatic carbocycles. The van der Waals surface area contributed by atoms with Gasteiger partial charge in [0.15, 0.2) is 5.54 Å². The van der Waals surface area contributed by atoms with Gasteiger partial charge in [-0.2, -0.15) is 0 Å². The van der Waals surface area contributed by atoms with Crippen LogP contribution in [0.25, 0.3) is 0 Å². The van der Waals surface area contributed by atoms with Crippen molar-refractivity contribution in [1.29, 1.82) is 0 Å². The Bertz CT molecular complexity index is 1080. The zero-order valence-corrected chi connectivity index (χ0v) is 18.9. The van der Waals surface area contributed by atoms with Gasteiger partial charge in [-0.15, -0.1) is 0 Å². The largest absolute Gasteiger partial charge is 0.465 e. The van der Waals surface area contributed by atoms with E-state index in [2.05, 4.69) is 5.32 Å². The predicted octanol–water partition coefficient (Wildman–Crippen LogP) is 2.69. The first-order chi connectivity index (χ1) is 15.4. The number of hydrogen-bond acceptors (Lipinski definition) is 6. The van der Waals surface area contributed by atoms with Gasteiger partial charge in [0, 0.05) is 18.3 Å². The molecule has 0 saturated carbocycles. The Morgan fingerprint density at radius 3 is 2.16 bits per heavy atom. The molecule has 1 amide bonds. The molecular weight excluding hydrogens is 428 g/mol. The van der Waals surface area contributed by atoms with Gasteiger partial charge in [-0.3, -0.25) is 14.4 Å². The molecule has 1 saturated heterocycles. The highest BCUT2D eigenvalue weighted by Gasteiger charge is 2.75. The van der Waals surface area contributed by atoms with Crippen LogP contribution in [0, 0.1) is 5.41 Å². The second-order valence-corrected chi connectivity index (χ2v) is 8.14. The lowest BCUT2D eigenvalue weighted by Crippen LogP contribution is -2.53. The van der Waals surface area contributed by atoms with Crippen LogP contribution < -0.4 is 10.2 Å². The second-order valence-electron chi connectivity index (χ2n) is 7.74. The minimum atomic E-state index is -2.02. The van der Waals surface area contributed by atoms with E-state index >= 15 is 0 Å². The standard InChI is InChI=1S/C24H24N2O5S/c1-4-30-21(28)23(22(29)31-5-2)18(15-11-7-6-8-12-15)24(25-19(23)32)16-13-9-10-14-17(16)26(3)20(24)27/h6-14,18H,4-5H2,1-3H3,(H,25,32)/t18-,24-/m0/s1. The Hall–Kier alpha value is -3.26. The Morgan fingerprint density at radius 2 is 1.56 bits per heavy atom. The average molecular weight is 453 g/mol. The Labute approximate surface area is 191 Å². The number of esters is 2. The molecule has 166 valence electrons. The van der Waals surface area contributed by atoms with Crippen LogP contribution in [-0.4, -0.2) is 43.1 Å². The SMILES string of the molecule is CCOC(=O)C1(C(=O)OCC)C(=S)N[C@]2(C(=O)N(C)c3ccccc32)[C@H]1c1ccccc1. The summed E-state index contributed by atoms with van der Waals surface area (Å²) in [5, 5.41) is 3.12. The van der Waals surface area contributed by atoms with Gasteiger partial charge in [0.25, 0.3) is 5.91 Å². The zero-order valence-electron chi connectivity index (χ0n) is 18.1. The van der Waals surface area contributed by atoms with E-state index in [1.807, 2.05) is 30.3 Å². The van der Waals surface area contributed by atoms with Crippen LogP contribution in [0.15, 0.2) is 54.6 Å². The van der Waals surface area contributed by atoms with Crippen LogP contribution in [-0.2, 0) is 29.4 Å². The quantitative estimate of drug-likeness (QED) is 0.424. The van der Waals surface area contributed by atoms with E-state index in [1.54, 1.807) is 45.2 Å². The molecule has 8 heteroatoms. The smallest absolute Gasteiger partial charge is 0.331 e. The Morgan fingerprint density at radius 1 is 1.00 bits per heavy atom. The lowest BCUT2D eigenvalue weighted by atomic mass is 9.64. The number of ether oxygens (including phenoxy) is 2. The average Bonchev–Trinajstić information content (AvgIpc) is 3.20. The molecule has 0 bridgehead atoms. The van der Waals surface area contributed by atoms with E-state index in [0.717, 1.165) is 0 Å². The fraction of sp³-hybridized carbons (Fsp3) is 0.333. The molecule has 0 aromatic heterocycles. The fourth-order valence-electron chi connectivity index (χ4n) is 4.93. The highest BCUT2D eigenvalue weighted by Crippen LogP contribution is 2.59. The summed E-state index contributed by atoms with van der Waals surface area (Å²) < 4.78 is 10.8. The molecule has 4 rings (SSSR count). The van der Waals surface area contributed by atoms with Gasteiger partial charge >= 0.3 is 11.9 Å². The third kappa shape index (κ3) is 2.72. The first-order valence-electron chi connectivity index (χ1n) is 10.5. The first kappa shape index (κ1) is 22.0. The van der Waals surface area contributed by atoms with Crippen LogP contribution >= 0.6 is 12.2 Å². The number of thiocarbonyl (C=S) groups is 1. The van der Waals surface area contributed by atoms with Crippen molar-refractivity contribution >= 4 is 40.7 Å². The van der Waals surface area contributed by atoms with Crippen molar-refractivity contribution < 1.29 is 23.9 Å². The molecule has 2 aromatic carbocycles. The number of fused-ring (bicyclic) bond motifs is 2. The van der Waals surface area contributed by atoms with Gasteiger partial charge in [-0.05, 0) is 25.5 Å². The number of hydrogen-bond donors (Lipinski definition) is 1. The van der Waals surface area contributed by atoms with E-state index in [-0.39, 0.29) is 24.1 Å². The topological polar surface area (TPSA) is 84.9 Å². The summed E-state index contributed by atoms with van der Waals surface area (Å²) >= 11 is 5.66. The number of nitrogens with zero attached hydrogens (tertiary/aromatic N) is 1. The maximum Gasteiger partial charge on any atom is 0.331 e. The molecule has 2 aliphatic heterocycles. The third-order valence-corrected chi connectivity index (χ3v) is 6.62. The summed E-state index contributed by atoms with van der Waals surface area (Å²) in [6.07, 6.45) is 0. The Balaban J connectivity index is 2.09. The van der Waals surface area contributed by atoms with Crippen molar-refractivity contribution in [3.63, 3.8) is 0 Å². The molecule has 1 fully saturated rings. The van der Waals surface area contributed by atoms with Gasteiger partial charge in [0.1, 0.15) is 4.99 Å². The molecule has 2 aromatic rings. The number of carbonyl (C=O) groups is 3. The lowest BCUT2D eigenvalue weighted by molar-refractivity contribution is -0.168. The maximum atomic E-state index is 13.9. The van der Waals surface area contributed by atoms with Gasteiger partial charge in [-0.1, -0.05) is 60.7 Å². The molecule has 2 atom stereocenters. The van der Waals surface area contributed by atoms with Crippen molar-refractivity contribution in [3.05, 3.63) is 65.7 Å². The molecule has 0 radical (unpaired) electrons. The minimum absolute atomic E-state index is 0.0432. The number of amides is 1. The highest BCUT2D eigenvalue weighted by atomic mass is 32.1. The minimum Gasteiger partial charge on any atom is -0.465 e. The summed E-state index contributed by atoms with van der Waals surface area (Å²) in [7, 11) is 1.66. The van der Waals surface area contributed by atoms with Gasteiger partial charge < -0.3 is 19.7 Å². The third-order valence-electron chi connectivity index (χ3n) is 6.19. The molecule has 2 heterocycles. The van der Waals surface area contributed by atoms with E-state index in [4.69, 9.17) is 21.7 Å². The predicted molar refractivity (Wildman–Crippen MR) is 122 cm³/mol. The molecule has 2 aliphatic rings. The molecule has 7 nitrogen and oxygen atoms in total. The van der Waals surface area contributed by atoms with Crippen molar-refractivity contribution in [1.82, 2.24) is 5.32 Å². The van der Waals surface area contributed by atoms with Crippen molar-refractivity contribution in [3.8, 4) is 0 Å². The summed E-state index contributed by atoms with van der Waals surface area (Å²) in [6.45, 7) is 3.39. The van der Waals surface area contributed by atoms with Crippen LogP contribution in [0.1, 0.15) is 30.9 Å². The number of likely N-dealkylation sites (N-methyl/N-ethyl adjacent to an activating group) is 1.